The van der Waals surface area contributed by atoms with Gasteiger partial charge in [-0.15, -0.1) is 0 Å². The third kappa shape index (κ3) is 4.31. The minimum atomic E-state index is 0.911. The highest BCUT2D eigenvalue weighted by atomic mass is 14.3. The molecule has 16 heavy (non-hydrogen) atoms. The molecule has 0 aromatic rings. The number of hydrogen-bond acceptors (Lipinski definition) is 0. The molecule has 0 aromatic heterocycles. The standard InChI is InChI=1S/C16H30/c1-5-7-8-9-13(3)10-16-12-14(4)11-15(16)6-2/h13-14H,5-12H2,1-4H3. The van der Waals surface area contributed by atoms with Crippen LogP contribution >= 0.6 is 0 Å². The molecular formula is C16H30. The van der Waals surface area contributed by atoms with E-state index in [9.17, 15) is 0 Å². The Labute approximate surface area is 103 Å². The van der Waals surface area contributed by atoms with Crippen LogP contribution in [0.1, 0.15) is 79.1 Å². The van der Waals surface area contributed by atoms with E-state index < -0.39 is 0 Å². The van der Waals surface area contributed by atoms with E-state index in [1.807, 2.05) is 5.57 Å². The molecule has 0 fully saturated rings. The van der Waals surface area contributed by atoms with Gasteiger partial charge in [0.25, 0.3) is 0 Å². The van der Waals surface area contributed by atoms with Gasteiger partial charge in [-0.3, -0.25) is 0 Å². The third-order valence-corrected chi connectivity index (χ3v) is 4.01. The molecule has 0 radical (unpaired) electrons. The van der Waals surface area contributed by atoms with Gasteiger partial charge in [0, 0.05) is 0 Å². The molecule has 1 aliphatic carbocycles. The molecule has 0 spiro atoms. The van der Waals surface area contributed by atoms with Crippen molar-refractivity contribution in [3.05, 3.63) is 11.1 Å². The molecule has 0 N–H and O–H groups in total. The Morgan fingerprint density at radius 1 is 1.12 bits per heavy atom. The third-order valence-electron chi connectivity index (χ3n) is 4.01. The normalized spacial score (nSPS) is 22.9. The van der Waals surface area contributed by atoms with Gasteiger partial charge in [-0.2, -0.15) is 0 Å². The second kappa shape index (κ2) is 7.14. The zero-order valence-corrected chi connectivity index (χ0v) is 11.8. The van der Waals surface area contributed by atoms with E-state index in [0.29, 0.717) is 0 Å². The van der Waals surface area contributed by atoms with Crippen LogP contribution in [0.4, 0.5) is 0 Å². The zero-order valence-electron chi connectivity index (χ0n) is 11.8. The summed E-state index contributed by atoms with van der Waals surface area (Å²) in [5.41, 5.74) is 3.61. The number of hydrogen-bond donors (Lipinski definition) is 0. The molecular weight excluding hydrogens is 192 g/mol. The summed E-state index contributed by atoms with van der Waals surface area (Å²) in [6.07, 6.45) is 11.1. The molecule has 0 aromatic carbocycles. The van der Waals surface area contributed by atoms with Crippen molar-refractivity contribution in [2.75, 3.05) is 0 Å². The molecule has 0 aliphatic heterocycles. The molecule has 0 heteroatoms. The van der Waals surface area contributed by atoms with Crippen molar-refractivity contribution in [3.8, 4) is 0 Å². The van der Waals surface area contributed by atoms with Gasteiger partial charge in [0.2, 0.25) is 0 Å². The second-order valence-electron chi connectivity index (χ2n) is 5.88. The maximum Gasteiger partial charge on any atom is -0.0289 e. The quantitative estimate of drug-likeness (QED) is 0.381. The van der Waals surface area contributed by atoms with Gasteiger partial charge in [0.1, 0.15) is 0 Å². The lowest BCUT2D eigenvalue weighted by Crippen LogP contribution is -1.98. The van der Waals surface area contributed by atoms with Gasteiger partial charge < -0.3 is 0 Å². The molecule has 0 saturated heterocycles. The minimum Gasteiger partial charge on any atom is -0.0710 e. The fourth-order valence-corrected chi connectivity index (χ4v) is 3.09. The maximum absolute atomic E-state index is 2.44. The minimum absolute atomic E-state index is 0.911. The first-order valence-corrected chi connectivity index (χ1v) is 7.37. The molecule has 1 rings (SSSR count). The van der Waals surface area contributed by atoms with Gasteiger partial charge in [-0.05, 0) is 37.5 Å². The molecule has 0 bridgehead atoms. The van der Waals surface area contributed by atoms with Gasteiger partial charge in [-0.25, -0.2) is 0 Å². The fraction of sp³-hybridized carbons (Fsp3) is 0.875. The lowest BCUT2D eigenvalue weighted by atomic mass is 9.93. The van der Waals surface area contributed by atoms with Crippen LogP contribution in [0.2, 0.25) is 0 Å². The summed E-state index contributed by atoms with van der Waals surface area (Å²) in [4.78, 5) is 0. The smallest absolute Gasteiger partial charge is 0.0289 e. The highest BCUT2D eigenvalue weighted by Gasteiger charge is 2.20. The van der Waals surface area contributed by atoms with Gasteiger partial charge in [-0.1, -0.05) is 64.5 Å². The molecule has 0 amide bonds. The molecule has 1 aliphatic rings. The van der Waals surface area contributed by atoms with Crippen molar-refractivity contribution in [1.29, 1.82) is 0 Å². The van der Waals surface area contributed by atoms with Crippen molar-refractivity contribution < 1.29 is 0 Å². The highest BCUT2D eigenvalue weighted by molar-refractivity contribution is 5.21. The summed E-state index contributed by atoms with van der Waals surface area (Å²) in [7, 11) is 0. The van der Waals surface area contributed by atoms with Crippen LogP contribution in [0.25, 0.3) is 0 Å². The lowest BCUT2D eigenvalue weighted by Gasteiger charge is -2.13. The summed E-state index contributed by atoms with van der Waals surface area (Å²) in [6, 6.07) is 0. The fourth-order valence-electron chi connectivity index (χ4n) is 3.09. The Morgan fingerprint density at radius 2 is 1.81 bits per heavy atom. The van der Waals surface area contributed by atoms with Crippen molar-refractivity contribution in [2.24, 2.45) is 11.8 Å². The second-order valence-corrected chi connectivity index (χ2v) is 5.88. The molecule has 0 saturated carbocycles. The SMILES string of the molecule is CCCCCC(C)CC1=C(CC)CC(C)C1. The van der Waals surface area contributed by atoms with Crippen LogP contribution < -0.4 is 0 Å². The van der Waals surface area contributed by atoms with Crippen molar-refractivity contribution in [1.82, 2.24) is 0 Å². The first-order valence-electron chi connectivity index (χ1n) is 7.37. The highest BCUT2D eigenvalue weighted by Crippen LogP contribution is 2.37. The van der Waals surface area contributed by atoms with Gasteiger partial charge >= 0.3 is 0 Å². The van der Waals surface area contributed by atoms with Gasteiger partial charge in [0.05, 0.1) is 0 Å². The van der Waals surface area contributed by atoms with E-state index in [-0.39, 0.29) is 0 Å². The Bertz CT molecular complexity index is 224. The maximum atomic E-state index is 2.44. The average molecular weight is 222 g/mol. The largest absolute Gasteiger partial charge is 0.0710 e. The molecule has 0 nitrogen and oxygen atoms in total. The number of rotatable bonds is 7. The Kier molecular flexibility index (Phi) is 6.16. The van der Waals surface area contributed by atoms with Crippen LogP contribution in [0.3, 0.4) is 0 Å². The van der Waals surface area contributed by atoms with Crippen molar-refractivity contribution >= 4 is 0 Å². The molecule has 2 atom stereocenters. The first kappa shape index (κ1) is 13.8. The summed E-state index contributed by atoms with van der Waals surface area (Å²) in [5.74, 6) is 1.83. The van der Waals surface area contributed by atoms with E-state index in [1.54, 1.807) is 5.57 Å². The molecule has 2 unspecified atom stereocenters. The van der Waals surface area contributed by atoms with Crippen LogP contribution in [-0.2, 0) is 0 Å². The van der Waals surface area contributed by atoms with Crippen LogP contribution in [0.15, 0.2) is 11.1 Å². The van der Waals surface area contributed by atoms with Crippen LogP contribution in [0.5, 0.6) is 0 Å². The van der Waals surface area contributed by atoms with Crippen molar-refractivity contribution in [3.63, 3.8) is 0 Å². The predicted molar refractivity (Wildman–Crippen MR) is 73.6 cm³/mol. The zero-order chi connectivity index (χ0) is 12.0. The van der Waals surface area contributed by atoms with E-state index in [4.69, 9.17) is 0 Å². The summed E-state index contributed by atoms with van der Waals surface area (Å²) < 4.78 is 0. The molecule has 0 heterocycles. The predicted octanol–water partition coefficient (Wildman–Crippen LogP) is 5.73. The number of allylic oxidation sites excluding steroid dienone is 2. The summed E-state index contributed by atoms with van der Waals surface area (Å²) in [5, 5.41) is 0. The summed E-state index contributed by atoms with van der Waals surface area (Å²) >= 11 is 0. The Hall–Kier alpha value is -0.260. The topological polar surface area (TPSA) is 0 Å². The van der Waals surface area contributed by atoms with Crippen molar-refractivity contribution in [2.45, 2.75) is 79.1 Å². The van der Waals surface area contributed by atoms with Crippen LogP contribution in [-0.4, -0.2) is 0 Å². The number of unbranched alkanes of at least 4 members (excludes halogenated alkanes) is 2. The van der Waals surface area contributed by atoms with E-state index in [2.05, 4.69) is 27.7 Å². The van der Waals surface area contributed by atoms with Crippen LogP contribution in [0, 0.1) is 11.8 Å². The molecule has 94 valence electrons. The lowest BCUT2D eigenvalue weighted by molar-refractivity contribution is 0.481. The van der Waals surface area contributed by atoms with E-state index in [0.717, 1.165) is 11.8 Å². The monoisotopic (exact) mass is 222 g/mol. The Balaban J connectivity index is 2.34. The van der Waals surface area contributed by atoms with Gasteiger partial charge in [0.15, 0.2) is 0 Å². The first-order chi connectivity index (χ1) is 7.67. The van der Waals surface area contributed by atoms with E-state index in [1.165, 1.54) is 51.4 Å². The summed E-state index contributed by atoms with van der Waals surface area (Å²) in [6.45, 7) is 9.47. The Morgan fingerprint density at radius 3 is 2.44 bits per heavy atom. The average Bonchev–Trinajstić information content (AvgIpc) is 2.59. The van der Waals surface area contributed by atoms with E-state index >= 15 is 0 Å².